The maximum absolute atomic E-state index is 11.3. The number of methoxy groups -OCH3 is 1. The third kappa shape index (κ3) is 5.05. The van der Waals surface area contributed by atoms with E-state index in [4.69, 9.17) is 10.3 Å². The summed E-state index contributed by atoms with van der Waals surface area (Å²) in [6.07, 6.45) is 3.13. The standard InChI is InChI=1S/C12H14N4O2/c1-18-11-5-2-10(3-6-11)4-7-12(17)14-8-9-15-16-13/h2-7H,8-9H2,1H3,(H,14,17). The number of carbonyl (C=O) groups is 1. The van der Waals surface area contributed by atoms with E-state index in [0.29, 0.717) is 6.54 Å². The van der Waals surface area contributed by atoms with Crippen molar-refractivity contribution >= 4 is 12.0 Å². The van der Waals surface area contributed by atoms with E-state index < -0.39 is 0 Å². The molecule has 1 aromatic carbocycles. The molecule has 1 amide bonds. The summed E-state index contributed by atoms with van der Waals surface area (Å²) in [6.45, 7) is 0.578. The van der Waals surface area contributed by atoms with Crippen LogP contribution >= 0.6 is 0 Å². The molecule has 1 N–H and O–H groups in total. The second kappa shape index (κ2) is 7.76. The van der Waals surface area contributed by atoms with E-state index in [1.165, 1.54) is 6.08 Å². The highest BCUT2D eigenvalue weighted by Gasteiger charge is 1.94. The van der Waals surface area contributed by atoms with E-state index in [9.17, 15) is 4.79 Å². The van der Waals surface area contributed by atoms with Gasteiger partial charge in [-0.15, -0.1) is 0 Å². The van der Waals surface area contributed by atoms with Crippen LogP contribution in [-0.4, -0.2) is 26.1 Å². The van der Waals surface area contributed by atoms with E-state index in [0.717, 1.165) is 11.3 Å². The van der Waals surface area contributed by atoms with Gasteiger partial charge in [0, 0.05) is 24.1 Å². The van der Waals surface area contributed by atoms with Gasteiger partial charge in [0.15, 0.2) is 0 Å². The van der Waals surface area contributed by atoms with Crippen LogP contribution in [0.5, 0.6) is 5.75 Å². The first kappa shape index (κ1) is 13.6. The first-order chi connectivity index (χ1) is 8.76. The number of amides is 1. The number of carbonyl (C=O) groups excluding carboxylic acids is 1. The minimum atomic E-state index is -0.223. The summed E-state index contributed by atoms with van der Waals surface area (Å²) >= 11 is 0. The van der Waals surface area contributed by atoms with Gasteiger partial charge in [-0.1, -0.05) is 17.2 Å². The van der Waals surface area contributed by atoms with Crippen LogP contribution in [0.2, 0.25) is 0 Å². The van der Waals surface area contributed by atoms with Crippen LogP contribution in [0.15, 0.2) is 35.5 Å². The third-order valence-corrected chi connectivity index (χ3v) is 2.12. The molecule has 6 nitrogen and oxygen atoms in total. The first-order valence-electron chi connectivity index (χ1n) is 5.37. The zero-order valence-corrected chi connectivity index (χ0v) is 10.0. The van der Waals surface area contributed by atoms with Gasteiger partial charge >= 0.3 is 0 Å². The van der Waals surface area contributed by atoms with Crippen molar-refractivity contribution in [2.45, 2.75) is 0 Å². The fourth-order valence-corrected chi connectivity index (χ4v) is 1.22. The molecule has 0 fully saturated rings. The zero-order chi connectivity index (χ0) is 13.2. The van der Waals surface area contributed by atoms with E-state index in [2.05, 4.69) is 15.3 Å². The van der Waals surface area contributed by atoms with Gasteiger partial charge in [-0.05, 0) is 29.3 Å². The first-order valence-corrected chi connectivity index (χ1v) is 5.37. The second-order valence-electron chi connectivity index (χ2n) is 3.35. The largest absolute Gasteiger partial charge is 0.497 e. The summed E-state index contributed by atoms with van der Waals surface area (Å²) in [7, 11) is 1.60. The highest BCUT2D eigenvalue weighted by Crippen LogP contribution is 2.11. The molecule has 6 heteroatoms. The Morgan fingerprint density at radius 1 is 1.50 bits per heavy atom. The van der Waals surface area contributed by atoms with Gasteiger partial charge in [0.05, 0.1) is 7.11 Å². The third-order valence-electron chi connectivity index (χ3n) is 2.12. The molecule has 1 aromatic rings. The monoisotopic (exact) mass is 246 g/mol. The van der Waals surface area contributed by atoms with Crippen LogP contribution in [-0.2, 0) is 4.79 Å². The Labute approximate surface area is 105 Å². The molecule has 0 aromatic heterocycles. The van der Waals surface area contributed by atoms with Crippen molar-refractivity contribution in [3.63, 3.8) is 0 Å². The number of rotatable bonds is 6. The molecule has 18 heavy (non-hydrogen) atoms. The molecule has 0 aliphatic carbocycles. The smallest absolute Gasteiger partial charge is 0.243 e. The summed E-state index contributed by atoms with van der Waals surface area (Å²) in [5.41, 5.74) is 8.95. The summed E-state index contributed by atoms with van der Waals surface area (Å²) in [5, 5.41) is 5.90. The molecular formula is C12H14N4O2. The predicted octanol–water partition coefficient (Wildman–Crippen LogP) is 2.13. The van der Waals surface area contributed by atoms with Crippen molar-refractivity contribution in [2.75, 3.05) is 20.2 Å². The van der Waals surface area contributed by atoms with Crippen molar-refractivity contribution in [3.05, 3.63) is 46.3 Å². The minimum Gasteiger partial charge on any atom is -0.497 e. The Morgan fingerprint density at radius 3 is 2.83 bits per heavy atom. The Hall–Kier alpha value is -2.46. The second-order valence-corrected chi connectivity index (χ2v) is 3.35. The normalized spacial score (nSPS) is 9.83. The van der Waals surface area contributed by atoms with Gasteiger partial charge in [0.2, 0.25) is 5.91 Å². The molecule has 1 rings (SSSR count). The topological polar surface area (TPSA) is 87.1 Å². The van der Waals surface area contributed by atoms with E-state index >= 15 is 0 Å². The van der Waals surface area contributed by atoms with Crippen LogP contribution in [0, 0.1) is 0 Å². The number of nitrogens with one attached hydrogen (secondary N) is 1. The van der Waals surface area contributed by atoms with Gasteiger partial charge in [-0.3, -0.25) is 4.79 Å². The zero-order valence-electron chi connectivity index (χ0n) is 10.0. The SMILES string of the molecule is COc1ccc(C=CC(=O)NCCN=[N+]=[N-])cc1. The molecular weight excluding hydrogens is 232 g/mol. The molecule has 0 heterocycles. The summed E-state index contributed by atoms with van der Waals surface area (Å²) in [6, 6.07) is 7.34. The highest BCUT2D eigenvalue weighted by atomic mass is 16.5. The van der Waals surface area contributed by atoms with Gasteiger partial charge in [0.25, 0.3) is 0 Å². The molecule has 0 unspecified atom stereocenters. The highest BCUT2D eigenvalue weighted by molar-refractivity contribution is 5.91. The average Bonchev–Trinajstić information content (AvgIpc) is 2.42. The number of nitrogens with zero attached hydrogens (tertiary/aromatic N) is 3. The van der Waals surface area contributed by atoms with Crippen LogP contribution < -0.4 is 10.1 Å². The maximum Gasteiger partial charge on any atom is 0.243 e. The van der Waals surface area contributed by atoms with Gasteiger partial charge in [-0.25, -0.2) is 0 Å². The lowest BCUT2D eigenvalue weighted by Crippen LogP contribution is -2.23. The predicted molar refractivity (Wildman–Crippen MR) is 69.1 cm³/mol. The molecule has 0 radical (unpaired) electrons. The molecule has 0 aliphatic heterocycles. The average molecular weight is 246 g/mol. The van der Waals surface area contributed by atoms with Gasteiger partial charge in [0.1, 0.15) is 5.75 Å². The van der Waals surface area contributed by atoms with Gasteiger partial charge in [-0.2, -0.15) is 0 Å². The quantitative estimate of drug-likeness (QED) is 0.274. The van der Waals surface area contributed by atoms with Crippen molar-refractivity contribution < 1.29 is 9.53 Å². The Morgan fingerprint density at radius 2 is 2.22 bits per heavy atom. The van der Waals surface area contributed by atoms with Crippen molar-refractivity contribution in [3.8, 4) is 5.75 Å². The van der Waals surface area contributed by atoms with Gasteiger partial charge < -0.3 is 10.1 Å². The van der Waals surface area contributed by atoms with E-state index in [1.54, 1.807) is 13.2 Å². The fraction of sp³-hybridized carbons (Fsp3) is 0.250. The van der Waals surface area contributed by atoms with Crippen molar-refractivity contribution in [1.82, 2.24) is 5.32 Å². The number of azide groups is 1. The number of hydrogen-bond donors (Lipinski definition) is 1. The molecule has 0 bridgehead atoms. The van der Waals surface area contributed by atoms with Crippen LogP contribution in [0.3, 0.4) is 0 Å². The molecule has 0 spiro atoms. The Bertz CT molecular complexity index is 461. The summed E-state index contributed by atoms with van der Waals surface area (Å²) < 4.78 is 5.03. The van der Waals surface area contributed by atoms with Crippen LogP contribution in [0.1, 0.15) is 5.56 Å². The van der Waals surface area contributed by atoms with Crippen LogP contribution in [0.4, 0.5) is 0 Å². The lowest BCUT2D eigenvalue weighted by Gasteiger charge is -1.99. The molecule has 0 saturated carbocycles. The molecule has 0 atom stereocenters. The summed E-state index contributed by atoms with van der Waals surface area (Å²) in [5.74, 6) is 0.546. The van der Waals surface area contributed by atoms with Crippen molar-refractivity contribution in [2.24, 2.45) is 5.11 Å². The minimum absolute atomic E-state index is 0.223. The lowest BCUT2D eigenvalue weighted by atomic mass is 10.2. The molecule has 0 aliphatic rings. The number of hydrogen-bond acceptors (Lipinski definition) is 3. The number of ether oxygens (including phenoxy) is 1. The van der Waals surface area contributed by atoms with E-state index in [1.807, 2.05) is 24.3 Å². The molecule has 94 valence electrons. The molecule has 0 saturated heterocycles. The summed E-state index contributed by atoms with van der Waals surface area (Å²) in [4.78, 5) is 13.9. The maximum atomic E-state index is 11.3. The lowest BCUT2D eigenvalue weighted by molar-refractivity contribution is -0.116. The fourth-order valence-electron chi connectivity index (χ4n) is 1.22. The Balaban J connectivity index is 2.42. The Kier molecular flexibility index (Phi) is 5.86. The van der Waals surface area contributed by atoms with Crippen LogP contribution in [0.25, 0.3) is 16.5 Å². The van der Waals surface area contributed by atoms with E-state index in [-0.39, 0.29) is 12.5 Å². The van der Waals surface area contributed by atoms with Crippen molar-refractivity contribution in [1.29, 1.82) is 0 Å². The number of benzene rings is 1.